The van der Waals surface area contributed by atoms with Crippen LogP contribution in [-0.2, 0) is 19.6 Å². The topological polar surface area (TPSA) is 87.9 Å². The van der Waals surface area contributed by atoms with E-state index in [0.717, 1.165) is 40.8 Å². The van der Waals surface area contributed by atoms with Gasteiger partial charge in [0.05, 0.1) is 16.9 Å². The summed E-state index contributed by atoms with van der Waals surface area (Å²) in [4.78, 5) is 26.0. The molecule has 0 atom stereocenters. The molecule has 0 bridgehead atoms. The van der Waals surface area contributed by atoms with Gasteiger partial charge < -0.3 is 10.7 Å². The molecule has 3 N–H and O–H groups in total. The van der Waals surface area contributed by atoms with E-state index in [2.05, 4.69) is 46.2 Å². The van der Waals surface area contributed by atoms with Crippen LogP contribution in [0.1, 0.15) is 17.0 Å². The zero-order chi connectivity index (χ0) is 20.2. The van der Waals surface area contributed by atoms with Gasteiger partial charge in [0.2, 0.25) is 0 Å². The maximum atomic E-state index is 11.8. The Kier molecular flexibility index (Phi) is 5.46. The molecule has 146 valence electrons. The van der Waals surface area contributed by atoms with Crippen LogP contribution in [0.15, 0.2) is 71.5 Å². The highest BCUT2D eigenvalue weighted by molar-refractivity contribution is 5.78. The van der Waals surface area contributed by atoms with Gasteiger partial charge in [0.25, 0.3) is 5.56 Å². The van der Waals surface area contributed by atoms with Crippen LogP contribution in [0, 0.1) is 0 Å². The van der Waals surface area contributed by atoms with Crippen LogP contribution in [0.3, 0.4) is 0 Å². The summed E-state index contributed by atoms with van der Waals surface area (Å²) in [6.45, 7) is 1.73. The quantitative estimate of drug-likeness (QED) is 0.533. The lowest BCUT2D eigenvalue weighted by Crippen LogP contribution is -2.18. The Morgan fingerprint density at radius 2 is 1.79 bits per heavy atom. The highest BCUT2D eigenvalue weighted by Crippen LogP contribution is 2.18. The van der Waals surface area contributed by atoms with Crippen LogP contribution in [-0.4, -0.2) is 26.9 Å². The molecule has 0 saturated carbocycles. The van der Waals surface area contributed by atoms with E-state index in [1.54, 1.807) is 0 Å². The van der Waals surface area contributed by atoms with Gasteiger partial charge in [-0.1, -0.05) is 42.5 Å². The van der Waals surface area contributed by atoms with Crippen molar-refractivity contribution in [1.82, 2.24) is 19.9 Å². The van der Waals surface area contributed by atoms with Crippen molar-refractivity contribution in [2.75, 3.05) is 7.05 Å². The van der Waals surface area contributed by atoms with Crippen molar-refractivity contribution >= 4 is 10.9 Å². The Morgan fingerprint density at radius 1 is 0.931 bits per heavy atom. The number of aromatic amines is 1. The number of nitrogens with zero attached hydrogens (tertiary/aromatic N) is 3. The van der Waals surface area contributed by atoms with Crippen LogP contribution in [0.2, 0.25) is 0 Å². The molecule has 0 amide bonds. The standard InChI is InChI=1S/C23H23N5O/c1-28(15-19-10-9-17-6-2-3-8-21(17)25-19)14-16-5-4-7-18(11-16)23-26-20(13-24)12-22(29)27-23/h2-12H,13-15,24H2,1H3,(H,26,27,29). The van der Waals surface area contributed by atoms with E-state index in [-0.39, 0.29) is 12.1 Å². The molecule has 0 spiro atoms. The van der Waals surface area contributed by atoms with E-state index in [0.29, 0.717) is 11.5 Å². The second-order valence-electron chi connectivity index (χ2n) is 7.16. The van der Waals surface area contributed by atoms with Gasteiger partial charge in [-0.3, -0.25) is 14.7 Å². The van der Waals surface area contributed by atoms with Crippen LogP contribution in [0.25, 0.3) is 22.3 Å². The number of hydrogen-bond acceptors (Lipinski definition) is 5. The second-order valence-corrected chi connectivity index (χ2v) is 7.16. The minimum absolute atomic E-state index is 0.194. The Balaban J connectivity index is 1.51. The number of fused-ring (bicyclic) bond motifs is 1. The molecule has 0 unspecified atom stereocenters. The van der Waals surface area contributed by atoms with Gasteiger partial charge >= 0.3 is 0 Å². The molecule has 6 nitrogen and oxygen atoms in total. The van der Waals surface area contributed by atoms with Crippen molar-refractivity contribution in [2.24, 2.45) is 5.73 Å². The average molecular weight is 385 g/mol. The Labute approximate surface area is 169 Å². The van der Waals surface area contributed by atoms with Crippen LogP contribution < -0.4 is 11.3 Å². The lowest BCUT2D eigenvalue weighted by atomic mass is 10.1. The Morgan fingerprint density at radius 3 is 2.66 bits per heavy atom. The largest absolute Gasteiger partial charge is 0.325 e. The zero-order valence-electron chi connectivity index (χ0n) is 16.3. The lowest BCUT2D eigenvalue weighted by Gasteiger charge is -2.17. The molecule has 0 saturated heterocycles. The van der Waals surface area contributed by atoms with Gasteiger partial charge in [-0.25, -0.2) is 4.98 Å². The van der Waals surface area contributed by atoms with Crippen molar-refractivity contribution in [3.63, 3.8) is 0 Å². The first-order chi connectivity index (χ1) is 14.1. The molecule has 2 aromatic heterocycles. The van der Waals surface area contributed by atoms with Crippen molar-refractivity contribution in [2.45, 2.75) is 19.6 Å². The summed E-state index contributed by atoms with van der Waals surface area (Å²) in [5.41, 5.74) is 10.1. The Hall–Kier alpha value is -3.35. The highest BCUT2D eigenvalue weighted by Gasteiger charge is 2.08. The lowest BCUT2D eigenvalue weighted by molar-refractivity contribution is 0.315. The van der Waals surface area contributed by atoms with Gasteiger partial charge in [0.1, 0.15) is 5.82 Å². The molecule has 0 radical (unpaired) electrons. The summed E-state index contributed by atoms with van der Waals surface area (Å²) in [7, 11) is 2.07. The van der Waals surface area contributed by atoms with Crippen LogP contribution in [0.4, 0.5) is 0 Å². The fourth-order valence-electron chi connectivity index (χ4n) is 3.41. The maximum absolute atomic E-state index is 11.8. The molecular weight excluding hydrogens is 362 g/mol. The van der Waals surface area contributed by atoms with Crippen molar-refractivity contribution < 1.29 is 0 Å². The molecular formula is C23H23N5O. The first-order valence-electron chi connectivity index (χ1n) is 9.53. The SMILES string of the molecule is CN(Cc1cccc(-c2nc(CN)cc(=O)[nH]2)c1)Cc1ccc2ccccc2n1. The van der Waals surface area contributed by atoms with Gasteiger partial charge in [0.15, 0.2) is 0 Å². The first kappa shape index (κ1) is 19.0. The number of hydrogen-bond donors (Lipinski definition) is 2. The van der Waals surface area contributed by atoms with Gasteiger partial charge in [-0.15, -0.1) is 0 Å². The number of para-hydroxylation sites is 1. The van der Waals surface area contributed by atoms with E-state index in [1.807, 2.05) is 36.4 Å². The Bertz CT molecular complexity index is 1200. The molecule has 0 fully saturated rings. The monoisotopic (exact) mass is 385 g/mol. The van der Waals surface area contributed by atoms with Crippen LogP contribution >= 0.6 is 0 Å². The summed E-state index contributed by atoms with van der Waals surface area (Å²) in [5, 5.41) is 1.15. The second kappa shape index (κ2) is 8.34. The average Bonchev–Trinajstić information content (AvgIpc) is 2.73. The highest BCUT2D eigenvalue weighted by atomic mass is 16.1. The summed E-state index contributed by atoms with van der Waals surface area (Å²) in [5.74, 6) is 0.540. The third kappa shape index (κ3) is 4.56. The smallest absolute Gasteiger partial charge is 0.251 e. The minimum atomic E-state index is -0.194. The third-order valence-electron chi connectivity index (χ3n) is 4.74. The predicted octanol–water partition coefficient (Wildman–Crippen LogP) is 3.08. The fourth-order valence-corrected chi connectivity index (χ4v) is 3.41. The predicted molar refractivity (Wildman–Crippen MR) is 115 cm³/mol. The van der Waals surface area contributed by atoms with E-state index < -0.39 is 0 Å². The normalized spacial score (nSPS) is 11.3. The number of aromatic nitrogens is 3. The number of rotatable bonds is 6. The molecule has 4 aromatic rings. The van der Waals surface area contributed by atoms with Crippen molar-refractivity contribution in [3.8, 4) is 11.4 Å². The molecule has 0 aliphatic heterocycles. The molecule has 4 rings (SSSR count). The summed E-state index contributed by atoms with van der Waals surface area (Å²) in [6, 6.07) is 21.8. The maximum Gasteiger partial charge on any atom is 0.251 e. The molecule has 2 heterocycles. The fraction of sp³-hybridized carbons (Fsp3) is 0.174. The first-order valence-corrected chi connectivity index (χ1v) is 9.53. The molecule has 0 aliphatic rings. The van der Waals surface area contributed by atoms with E-state index in [9.17, 15) is 4.79 Å². The number of H-pyrrole nitrogens is 1. The van der Waals surface area contributed by atoms with E-state index in [1.165, 1.54) is 6.07 Å². The molecule has 6 heteroatoms. The molecule has 2 aromatic carbocycles. The molecule has 29 heavy (non-hydrogen) atoms. The zero-order valence-corrected chi connectivity index (χ0v) is 16.3. The van der Waals surface area contributed by atoms with E-state index >= 15 is 0 Å². The van der Waals surface area contributed by atoms with E-state index in [4.69, 9.17) is 10.7 Å². The van der Waals surface area contributed by atoms with Crippen molar-refractivity contribution in [3.05, 3.63) is 94.0 Å². The number of nitrogens with one attached hydrogen (secondary N) is 1. The summed E-state index contributed by atoms with van der Waals surface area (Å²) in [6.07, 6.45) is 0. The third-order valence-corrected chi connectivity index (χ3v) is 4.74. The van der Waals surface area contributed by atoms with Gasteiger partial charge in [-0.05, 0) is 30.8 Å². The minimum Gasteiger partial charge on any atom is -0.325 e. The van der Waals surface area contributed by atoms with Crippen molar-refractivity contribution in [1.29, 1.82) is 0 Å². The van der Waals surface area contributed by atoms with Gasteiger partial charge in [-0.2, -0.15) is 0 Å². The summed E-state index contributed by atoms with van der Waals surface area (Å²) < 4.78 is 0. The van der Waals surface area contributed by atoms with Crippen LogP contribution in [0.5, 0.6) is 0 Å². The number of nitrogens with two attached hydrogens (primary N) is 1. The molecule has 0 aliphatic carbocycles. The number of pyridine rings is 1. The number of benzene rings is 2. The summed E-state index contributed by atoms with van der Waals surface area (Å²) >= 11 is 0. The van der Waals surface area contributed by atoms with Gasteiger partial charge in [0, 0.05) is 36.7 Å².